The Bertz CT molecular complexity index is 1170. The Balaban J connectivity index is 2.01. The van der Waals surface area contributed by atoms with E-state index in [2.05, 4.69) is 26.2 Å². The van der Waals surface area contributed by atoms with E-state index in [4.69, 9.17) is 11.6 Å². The molecule has 0 saturated carbocycles. The van der Waals surface area contributed by atoms with Gasteiger partial charge < -0.3 is 4.74 Å². The minimum atomic E-state index is -5.19. The molecule has 0 fully saturated rings. The van der Waals surface area contributed by atoms with Crippen LogP contribution in [0, 0.1) is 5.82 Å². The molecule has 4 N–H and O–H groups in total. The van der Waals surface area contributed by atoms with Crippen LogP contribution in [0.5, 0.6) is 5.75 Å². The molecule has 0 saturated heterocycles. The van der Waals surface area contributed by atoms with E-state index < -0.39 is 49.5 Å². The van der Waals surface area contributed by atoms with Crippen LogP contribution in [0.3, 0.4) is 0 Å². The molecule has 2 aromatic carbocycles. The lowest BCUT2D eigenvalue weighted by Crippen LogP contribution is -2.45. The number of hydrazone groups is 1. The number of halogens is 5. The molecule has 1 heterocycles. The highest BCUT2D eigenvalue weighted by molar-refractivity contribution is 7.92. The number of sulfonamides is 1. The van der Waals surface area contributed by atoms with E-state index in [1.165, 1.54) is 12.1 Å². The Labute approximate surface area is 183 Å². The first-order valence-corrected chi connectivity index (χ1v) is 10.2. The molecule has 10 nitrogen and oxygen atoms in total. The van der Waals surface area contributed by atoms with E-state index in [0.29, 0.717) is 6.07 Å². The van der Waals surface area contributed by atoms with Crippen LogP contribution >= 0.6 is 11.6 Å². The first-order valence-electron chi connectivity index (χ1n) is 8.37. The second-order valence-electron chi connectivity index (χ2n) is 6.08. The maximum atomic E-state index is 13.1. The quantitative estimate of drug-likeness (QED) is 0.467. The molecule has 32 heavy (non-hydrogen) atoms. The van der Waals surface area contributed by atoms with Crippen molar-refractivity contribution in [3.8, 4) is 5.75 Å². The summed E-state index contributed by atoms with van der Waals surface area (Å²) < 4.78 is 82.5. The fraction of sp³-hybridized carbons (Fsp3) is 0.125. The summed E-state index contributed by atoms with van der Waals surface area (Å²) in [5.41, 5.74) is 3.62. The largest absolute Gasteiger partial charge is 0.573 e. The van der Waals surface area contributed by atoms with Gasteiger partial charge in [-0.15, -0.1) is 23.8 Å². The molecule has 0 bridgehead atoms. The normalized spacial score (nSPS) is 13.9. The number of hydrazine groups is 2. The number of alkyl halides is 3. The van der Waals surface area contributed by atoms with Gasteiger partial charge in [-0.2, -0.15) is 0 Å². The number of guanidine groups is 1. The van der Waals surface area contributed by atoms with Gasteiger partial charge in [0, 0.05) is 7.05 Å². The first kappa shape index (κ1) is 23.4. The molecule has 1 aliphatic rings. The summed E-state index contributed by atoms with van der Waals surface area (Å²) >= 11 is 6.10. The summed E-state index contributed by atoms with van der Waals surface area (Å²) in [6.45, 7) is 0. The summed E-state index contributed by atoms with van der Waals surface area (Å²) in [5, 5.41) is 6.61. The fourth-order valence-electron chi connectivity index (χ4n) is 2.41. The molecule has 1 aliphatic heterocycles. The smallest absolute Gasteiger partial charge is 0.403 e. The highest BCUT2D eigenvalue weighted by Crippen LogP contribution is 2.39. The van der Waals surface area contributed by atoms with E-state index in [-0.39, 0.29) is 11.5 Å². The topological polar surface area (TPSA) is 124 Å². The minimum Gasteiger partial charge on any atom is -0.403 e. The maximum Gasteiger partial charge on any atom is 0.573 e. The number of carbonyl (C=O) groups is 1. The third kappa shape index (κ3) is 5.30. The first-order chi connectivity index (χ1) is 14.9. The van der Waals surface area contributed by atoms with Gasteiger partial charge in [-0.25, -0.2) is 18.3 Å². The molecule has 16 heteroatoms. The second-order valence-corrected chi connectivity index (χ2v) is 8.14. The van der Waals surface area contributed by atoms with Gasteiger partial charge in [0.1, 0.15) is 11.5 Å². The zero-order chi connectivity index (χ0) is 23.7. The number of nitrogens with one attached hydrogen (secondary N) is 4. The molecule has 0 radical (unpaired) electrons. The zero-order valence-corrected chi connectivity index (χ0v) is 17.4. The van der Waals surface area contributed by atoms with Crippen molar-refractivity contribution in [3.05, 3.63) is 52.8 Å². The average molecular weight is 497 g/mol. The van der Waals surface area contributed by atoms with Crippen LogP contribution in [0.2, 0.25) is 5.02 Å². The molecule has 0 unspecified atom stereocenters. The third-order valence-electron chi connectivity index (χ3n) is 3.86. The van der Waals surface area contributed by atoms with Crippen LogP contribution in [0.25, 0.3) is 0 Å². The summed E-state index contributed by atoms with van der Waals surface area (Å²) in [6, 6.07) is 5.08. The van der Waals surface area contributed by atoms with Gasteiger partial charge in [-0.3, -0.25) is 19.8 Å². The number of anilines is 1. The van der Waals surface area contributed by atoms with E-state index in [1.807, 2.05) is 4.72 Å². The molecule has 3 rings (SSSR count). The highest BCUT2D eigenvalue weighted by atomic mass is 35.5. The number of carbonyl (C=O) groups excluding carboxylic acids is 1. The van der Waals surface area contributed by atoms with Crippen LogP contribution in [0.4, 0.5) is 23.2 Å². The lowest BCUT2D eigenvalue weighted by atomic mass is 10.1. The molecule has 0 aromatic heterocycles. The Morgan fingerprint density at radius 1 is 1.19 bits per heavy atom. The Morgan fingerprint density at radius 2 is 1.84 bits per heavy atom. The number of hydrogen-bond donors (Lipinski definition) is 4. The molecular weight excluding hydrogens is 484 g/mol. The van der Waals surface area contributed by atoms with Crippen molar-refractivity contribution in [1.29, 1.82) is 0 Å². The van der Waals surface area contributed by atoms with Crippen molar-refractivity contribution >= 4 is 39.2 Å². The van der Waals surface area contributed by atoms with Crippen molar-refractivity contribution < 1.29 is 35.5 Å². The summed E-state index contributed by atoms with van der Waals surface area (Å²) in [6.07, 6.45) is -5.19. The standard InChI is InChI=1S/C16H13ClF4N6O4S/c1-27-15(23-25-26-27)22-14(28)10-6-7-11(31-16(19,20)21)13(12(10)17)24-32(29,30)9-4-2-8(18)3-5-9/h2-7,24-26H,1H3,(H,22,23,28). The number of amides is 1. The average Bonchev–Trinajstić information content (AvgIpc) is 3.08. The Hall–Kier alpha value is -3.30. The second kappa shape index (κ2) is 8.68. The number of ether oxygens (including phenoxy) is 1. The van der Waals surface area contributed by atoms with Crippen LogP contribution in [-0.2, 0) is 10.0 Å². The molecule has 0 spiro atoms. The fourth-order valence-corrected chi connectivity index (χ4v) is 3.84. The molecule has 0 aliphatic carbocycles. The molecule has 2 aromatic rings. The summed E-state index contributed by atoms with van der Waals surface area (Å²) in [4.78, 5) is 12.1. The minimum absolute atomic E-state index is 0.00451. The van der Waals surface area contributed by atoms with Crippen molar-refractivity contribution in [3.63, 3.8) is 0 Å². The summed E-state index contributed by atoms with van der Waals surface area (Å²) in [5.74, 6) is -2.66. The highest BCUT2D eigenvalue weighted by Gasteiger charge is 2.34. The van der Waals surface area contributed by atoms with E-state index >= 15 is 0 Å². The van der Waals surface area contributed by atoms with Crippen molar-refractivity contribution in [2.45, 2.75) is 11.3 Å². The van der Waals surface area contributed by atoms with Gasteiger partial charge in [0.2, 0.25) is 5.96 Å². The number of nitrogens with zero attached hydrogens (tertiary/aromatic N) is 2. The Morgan fingerprint density at radius 3 is 2.41 bits per heavy atom. The van der Waals surface area contributed by atoms with Crippen molar-refractivity contribution in [1.82, 2.24) is 21.4 Å². The predicted molar refractivity (Wildman–Crippen MR) is 104 cm³/mol. The molecule has 1 amide bonds. The number of benzene rings is 2. The lowest BCUT2D eigenvalue weighted by molar-refractivity contribution is -0.274. The SMILES string of the molecule is CN1NNN=C1NC(=O)c1ccc(OC(F)(F)F)c(NS(=O)(=O)c2ccc(F)cc2)c1Cl. The maximum absolute atomic E-state index is 13.1. The zero-order valence-electron chi connectivity index (χ0n) is 15.8. The molecule has 172 valence electrons. The van der Waals surface area contributed by atoms with Crippen molar-refractivity contribution in [2.75, 3.05) is 11.8 Å². The number of rotatable bonds is 5. The lowest BCUT2D eigenvalue weighted by Gasteiger charge is -2.18. The Kier molecular flexibility index (Phi) is 6.34. The monoisotopic (exact) mass is 496 g/mol. The predicted octanol–water partition coefficient (Wildman–Crippen LogP) is 2.13. The van der Waals surface area contributed by atoms with E-state index in [9.17, 15) is 30.8 Å². The molecule has 0 atom stereocenters. The van der Waals surface area contributed by atoms with Gasteiger partial charge in [0.15, 0.2) is 5.75 Å². The van der Waals surface area contributed by atoms with Crippen molar-refractivity contribution in [2.24, 2.45) is 5.10 Å². The van der Waals surface area contributed by atoms with Gasteiger partial charge >= 0.3 is 6.36 Å². The van der Waals surface area contributed by atoms with Gasteiger partial charge in [-0.1, -0.05) is 11.6 Å². The van der Waals surface area contributed by atoms with Crippen LogP contribution in [0.15, 0.2) is 46.4 Å². The van der Waals surface area contributed by atoms with Crippen LogP contribution < -0.4 is 25.8 Å². The van der Waals surface area contributed by atoms with E-state index in [0.717, 1.165) is 30.3 Å². The molecular formula is C16H13ClF4N6O4S. The van der Waals surface area contributed by atoms with Crippen LogP contribution in [-0.4, -0.2) is 38.7 Å². The third-order valence-corrected chi connectivity index (χ3v) is 5.62. The van der Waals surface area contributed by atoms with Gasteiger partial charge in [0.05, 0.1) is 15.5 Å². The summed E-state index contributed by atoms with van der Waals surface area (Å²) in [7, 11) is -3.05. The van der Waals surface area contributed by atoms with Gasteiger partial charge in [-0.05, 0) is 36.4 Å². The van der Waals surface area contributed by atoms with Crippen LogP contribution in [0.1, 0.15) is 10.4 Å². The van der Waals surface area contributed by atoms with Gasteiger partial charge in [0.25, 0.3) is 15.9 Å². The number of hydrogen-bond acceptors (Lipinski definition) is 8. The van der Waals surface area contributed by atoms with E-state index in [1.54, 1.807) is 0 Å².